The van der Waals surface area contributed by atoms with Crippen LogP contribution in [0.4, 0.5) is 0 Å². The van der Waals surface area contributed by atoms with Crippen LogP contribution in [0.2, 0.25) is 13.1 Å². The largest absolute Gasteiger partial charge is 0.156 e. The minimum atomic E-state index is -1.83. The van der Waals surface area contributed by atoms with Crippen molar-refractivity contribution in [2.24, 2.45) is 0 Å². The van der Waals surface area contributed by atoms with Gasteiger partial charge >= 0.3 is 0 Å². The molecule has 0 bridgehead atoms. The van der Waals surface area contributed by atoms with E-state index in [1.165, 1.54) is 23.1 Å². The van der Waals surface area contributed by atoms with Crippen LogP contribution in [-0.4, -0.2) is 8.07 Å². The van der Waals surface area contributed by atoms with E-state index in [1.807, 2.05) is 6.07 Å². The summed E-state index contributed by atoms with van der Waals surface area (Å²) in [4.78, 5) is 0. The lowest BCUT2D eigenvalue weighted by atomic mass is 9.95. The highest BCUT2D eigenvalue weighted by molar-refractivity contribution is 6.90. The molecule has 1 heteroatoms. The van der Waals surface area contributed by atoms with Crippen LogP contribution in [0.1, 0.15) is 50.7 Å². The molecular formula is C26H32Si. The lowest BCUT2D eigenvalue weighted by Gasteiger charge is -2.18. The predicted octanol–water partition coefficient (Wildman–Crippen LogP) is 7.44. The normalized spacial score (nSPS) is 12.4. The molecule has 27 heavy (non-hydrogen) atoms. The molecule has 0 N–H and O–H groups in total. The first-order chi connectivity index (χ1) is 13.1. The van der Waals surface area contributed by atoms with Crippen LogP contribution in [0.25, 0.3) is 5.57 Å². The van der Waals surface area contributed by atoms with Crippen molar-refractivity contribution in [3.05, 3.63) is 89.1 Å². The van der Waals surface area contributed by atoms with Crippen LogP contribution < -0.4 is 0 Å². The molecule has 2 aromatic rings. The first-order valence-electron chi connectivity index (χ1n) is 10.1. The lowest BCUT2D eigenvalue weighted by molar-refractivity contribution is 0.898. The number of benzene rings is 2. The highest BCUT2D eigenvalue weighted by Crippen LogP contribution is 2.29. The molecule has 2 rings (SSSR count). The zero-order valence-electron chi connectivity index (χ0n) is 17.3. The highest BCUT2D eigenvalue weighted by Gasteiger charge is 2.18. The molecule has 0 nitrogen and oxygen atoms in total. The number of unbranched alkanes of at least 4 members (excludes halogenated alkanes) is 1. The van der Waals surface area contributed by atoms with Gasteiger partial charge in [-0.05, 0) is 41.7 Å². The summed E-state index contributed by atoms with van der Waals surface area (Å²) in [5.41, 5.74) is 11.4. The van der Waals surface area contributed by atoms with E-state index in [1.54, 1.807) is 0 Å². The molecule has 0 unspecified atom stereocenters. The van der Waals surface area contributed by atoms with E-state index >= 15 is 0 Å². The number of allylic oxidation sites excluding steroid dienone is 3. The van der Waals surface area contributed by atoms with Crippen molar-refractivity contribution in [1.29, 1.82) is 0 Å². The van der Waals surface area contributed by atoms with Crippen molar-refractivity contribution in [2.45, 2.75) is 52.6 Å². The molecule has 2 aromatic carbocycles. The van der Waals surface area contributed by atoms with Gasteiger partial charge in [-0.2, -0.15) is 0 Å². The smallest absolute Gasteiger partial charge is 0.121 e. The van der Waals surface area contributed by atoms with Gasteiger partial charge in [0.2, 0.25) is 0 Å². The zero-order chi connectivity index (χ0) is 19.5. The molecule has 0 aliphatic heterocycles. The van der Waals surface area contributed by atoms with Gasteiger partial charge < -0.3 is 0 Å². The van der Waals surface area contributed by atoms with E-state index in [0.29, 0.717) is 0 Å². The molecule has 0 aliphatic carbocycles. The summed E-state index contributed by atoms with van der Waals surface area (Å²) in [6.07, 6.45) is 7.05. The van der Waals surface area contributed by atoms with Gasteiger partial charge in [0.15, 0.2) is 8.07 Å². The van der Waals surface area contributed by atoms with E-state index in [0.717, 1.165) is 24.8 Å². The molecule has 0 atom stereocenters. The minimum absolute atomic E-state index is 1.10. The standard InChI is InChI=1S/C26H32Si/c1-5-7-17-24(14-6-2)26(25-18-12-9-13-19-25)22-27(3,4)21-20-23-15-10-8-11-16-23/h8-13,15-19,22H,5-7,14H2,1-4H3. The Labute approximate surface area is 167 Å². The number of hydrogen-bond acceptors (Lipinski definition) is 0. The molecule has 0 spiro atoms. The maximum atomic E-state index is 3.61. The Morgan fingerprint density at radius 3 is 2.11 bits per heavy atom. The van der Waals surface area contributed by atoms with Gasteiger partial charge in [-0.1, -0.05) is 106 Å². The van der Waals surface area contributed by atoms with Crippen LogP contribution in [0.5, 0.6) is 0 Å². The quantitative estimate of drug-likeness (QED) is 0.269. The van der Waals surface area contributed by atoms with Gasteiger partial charge in [-0.3, -0.25) is 0 Å². The zero-order valence-corrected chi connectivity index (χ0v) is 18.3. The van der Waals surface area contributed by atoms with Gasteiger partial charge in [-0.15, -0.1) is 5.54 Å². The second-order valence-corrected chi connectivity index (χ2v) is 11.5. The average Bonchev–Trinajstić information content (AvgIpc) is 2.69. The van der Waals surface area contributed by atoms with E-state index in [2.05, 4.69) is 105 Å². The van der Waals surface area contributed by atoms with Crippen LogP contribution in [-0.2, 0) is 0 Å². The molecule has 0 radical (unpaired) electrons. The third kappa shape index (κ3) is 7.08. The third-order valence-electron chi connectivity index (χ3n) is 4.44. The van der Waals surface area contributed by atoms with Gasteiger partial charge in [0.1, 0.15) is 0 Å². The summed E-state index contributed by atoms with van der Waals surface area (Å²) in [5.74, 6) is 3.40. The lowest BCUT2D eigenvalue weighted by Crippen LogP contribution is -2.21. The van der Waals surface area contributed by atoms with E-state index < -0.39 is 8.07 Å². The fraction of sp³-hybridized carbons (Fsp3) is 0.308. The minimum Gasteiger partial charge on any atom is -0.121 e. The summed E-state index contributed by atoms with van der Waals surface area (Å²) >= 11 is 0. The van der Waals surface area contributed by atoms with Gasteiger partial charge in [0, 0.05) is 5.56 Å². The van der Waals surface area contributed by atoms with Crippen molar-refractivity contribution < 1.29 is 0 Å². The summed E-state index contributed by atoms with van der Waals surface area (Å²) in [5, 5.41) is 0. The first kappa shape index (κ1) is 21.0. The van der Waals surface area contributed by atoms with Crippen molar-refractivity contribution in [3.63, 3.8) is 0 Å². The number of hydrogen-bond donors (Lipinski definition) is 0. The Morgan fingerprint density at radius 2 is 1.52 bits per heavy atom. The van der Waals surface area contributed by atoms with Gasteiger partial charge in [0.25, 0.3) is 0 Å². The summed E-state index contributed by atoms with van der Waals surface area (Å²) < 4.78 is 0. The average molecular weight is 373 g/mol. The molecule has 0 aliphatic rings. The molecular weight excluding hydrogens is 340 g/mol. The predicted molar refractivity (Wildman–Crippen MR) is 123 cm³/mol. The molecule has 0 saturated heterocycles. The van der Waals surface area contributed by atoms with Crippen molar-refractivity contribution >= 4 is 13.6 Å². The Kier molecular flexibility index (Phi) is 8.36. The van der Waals surface area contributed by atoms with Gasteiger partial charge in [-0.25, -0.2) is 0 Å². The Morgan fingerprint density at radius 1 is 0.889 bits per heavy atom. The summed E-state index contributed by atoms with van der Waals surface area (Å²) in [7, 11) is -1.83. The molecule has 0 aromatic heterocycles. The number of rotatable bonds is 7. The molecule has 0 fully saturated rings. The van der Waals surface area contributed by atoms with Crippen LogP contribution in [0.15, 0.2) is 78.0 Å². The monoisotopic (exact) mass is 372 g/mol. The molecule has 0 heterocycles. The Bertz CT molecular complexity index is 815. The van der Waals surface area contributed by atoms with E-state index in [4.69, 9.17) is 0 Å². The molecule has 140 valence electrons. The van der Waals surface area contributed by atoms with Crippen molar-refractivity contribution in [3.8, 4) is 11.5 Å². The maximum absolute atomic E-state index is 3.61. The fourth-order valence-electron chi connectivity index (χ4n) is 3.07. The van der Waals surface area contributed by atoms with Crippen molar-refractivity contribution in [1.82, 2.24) is 0 Å². The summed E-state index contributed by atoms with van der Waals surface area (Å²) in [6.45, 7) is 9.20. The van der Waals surface area contributed by atoms with Crippen LogP contribution in [0.3, 0.4) is 0 Å². The topological polar surface area (TPSA) is 0 Å². The highest BCUT2D eigenvalue weighted by atomic mass is 28.3. The van der Waals surface area contributed by atoms with E-state index in [-0.39, 0.29) is 0 Å². The first-order valence-corrected chi connectivity index (χ1v) is 13.2. The van der Waals surface area contributed by atoms with Crippen LogP contribution >= 0.6 is 0 Å². The second-order valence-electron chi connectivity index (χ2n) is 7.53. The second kappa shape index (κ2) is 10.8. The molecule has 0 amide bonds. The third-order valence-corrected chi connectivity index (χ3v) is 6.22. The summed E-state index contributed by atoms with van der Waals surface area (Å²) in [6, 6.07) is 21.1. The fourth-order valence-corrected chi connectivity index (χ4v) is 4.68. The maximum Gasteiger partial charge on any atom is 0.156 e. The molecule has 0 saturated carbocycles. The van der Waals surface area contributed by atoms with Crippen molar-refractivity contribution in [2.75, 3.05) is 0 Å². The SMILES string of the molecule is CCCC=C(CCC)C(=C[Si](C)(C)C#Cc1ccccc1)c1ccccc1. The van der Waals surface area contributed by atoms with Crippen LogP contribution in [0, 0.1) is 11.5 Å². The van der Waals surface area contributed by atoms with E-state index in [9.17, 15) is 0 Å². The van der Waals surface area contributed by atoms with Gasteiger partial charge in [0.05, 0.1) is 0 Å². The Hall–Kier alpha value is -2.30. The Balaban J connectivity index is 2.46.